The van der Waals surface area contributed by atoms with Crippen molar-refractivity contribution in [1.29, 1.82) is 0 Å². The Morgan fingerprint density at radius 3 is 1.96 bits per heavy atom. The molecule has 3 aromatic rings. The Balaban J connectivity index is 1.95. The van der Waals surface area contributed by atoms with E-state index in [4.69, 9.17) is 6.57 Å². The van der Waals surface area contributed by atoms with Gasteiger partial charge in [0.05, 0.1) is 5.92 Å². The van der Waals surface area contributed by atoms with Crippen LogP contribution in [0.25, 0.3) is 10.5 Å². The molecule has 0 fully saturated rings. The van der Waals surface area contributed by atoms with Crippen LogP contribution in [0.3, 0.4) is 0 Å². The fraction of sp³-hybridized carbons (Fsp3) is 0.0833. The molecule has 3 aromatic carbocycles. The van der Waals surface area contributed by atoms with Gasteiger partial charge in [0.25, 0.3) is 0 Å². The first kappa shape index (κ1) is 16.8. The van der Waals surface area contributed by atoms with Crippen LogP contribution >= 0.6 is 0 Å². The summed E-state index contributed by atoms with van der Waals surface area (Å²) in [5.41, 5.74) is 1.99. The summed E-state index contributed by atoms with van der Waals surface area (Å²) in [5, 5.41) is 2.98. The van der Waals surface area contributed by atoms with E-state index in [1.165, 1.54) is 0 Å². The van der Waals surface area contributed by atoms with Crippen LogP contribution in [0, 0.1) is 6.57 Å². The van der Waals surface area contributed by atoms with Crippen molar-refractivity contribution in [2.45, 2.75) is 11.5 Å². The molecule has 1 aliphatic heterocycles. The van der Waals surface area contributed by atoms with E-state index in [1.807, 2.05) is 97.1 Å². The van der Waals surface area contributed by atoms with E-state index >= 15 is 0 Å². The lowest BCUT2D eigenvalue weighted by molar-refractivity contribution is -0.124. The lowest BCUT2D eigenvalue weighted by atomic mass is 9.71. The predicted octanol–water partition coefficient (Wildman–Crippen LogP) is 4.76. The molecule has 2 atom stereocenters. The molecule has 0 bridgehead atoms. The third-order valence-electron chi connectivity index (χ3n) is 5.01. The van der Waals surface area contributed by atoms with Crippen LogP contribution in [0.4, 0.5) is 0 Å². The monoisotopic (exact) mass is 350 g/mol. The summed E-state index contributed by atoms with van der Waals surface area (Å²) in [4.78, 5) is 17.3. The van der Waals surface area contributed by atoms with E-state index in [0.717, 1.165) is 16.8 Å². The molecule has 0 unspecified atom stereocenters. The Hall–Kier alpha value is -3.64. The number of carbonyl (C=O) groups is 1. The van der Waals surface area contributed by atoms with E-state index in [9.17, 15) is 4.79 Å². The normalized spacial score (nSPS) is 21.7. The number of benzene rings is 3. The maximum atomic E-state index is 13.3. The van der Waals surface area contributed by atoms with Gasteiger partial charge in [-0.1, -0.05) is 91.0 Å². The van der Waals surface area contributed by atoms with Gasteiger partial charge in [-0.3, -0.25) is 9.64 Å². The van der Waals surface area contributed by atoms with Crippen molar-refractivity contribution in [2.75, 3.05) is 0 Å². The smallest absolute Gasteiger partial charge is 0.318 e. The van der Waals surface area contributed by atoms with Gasteiger partial charge in [0.15, 0.2) is 0 Å². The van der Waals surface area contributed by atoms with Crippen LogP contribution in [0.2, 0.25) is 0 Å². The van der Waals surface area contributed by atoms with E-state index in [0.29, 0.717) is 5.56 Å². The molecule has 0 saturated heterocycles. The highest BCUT2D eigenvalue weighted by Gasteiger charge is 2.56. The van der Waals surface area contributed by atoms with Gasteiger partial charge in [0.2, 0.25) is 0 Å². The Labute approximate surface area is 158 Å². The largest absolute Gasteiger partial charge is 0.344 e. The van der Waals surface area contributed by atoms with Gasteiger partial charge in [-0.25, -0.2) is 6.57 Å². The van der Waals surface area contributed by atoms with Crippen LogP contribution in [0.15, 0.2) is 97.1 Å². The summed E-state index contributed by atoms with van der Waals surface area (Å²) in [7, 11) is 0. The zero-order valence-corrected chi connectivity index (χ0v) is 14.7. The highest BCUT2D eigenvalue weighted by molar-refractivity contribution is 5.99. The van der Waals surface area contributed by atoms with Crippen molar-refractivity contribution < 1.29 is 4.79 Å². The third kappa shape index (κ3) is 2.82. The van der Waals surface area contributed by atoms with Crippen molar-refractivity contribution >= 4 is 11.6 Å². The minimum Gasteiger partial charge on any atom is -0.318 e. The summed E-state index contributed by atoms with van der Waals surface area (Å²) in [6.45, 7) is 8.00. The van der Waals surface area contributed by atoms with Crippen LogP contribution in [-0.4, -0.2) is 5.91 Å². The molecule has 3 heteroatoms. The molecule has 1 amide bonds. The summed E-state index contributed by atoms with van der Waals surface area (Å²) in [6, 6.07) is 28.9. The fourth-order valence-electron chi connectivity index (χ4n) is 3.66. The maximum Gasteiger partial charge on any atom is 0.344 e. The first-order valence-electron chi connectivity index (χ1n) is 8.83. The van der Waals surface area contributed by atoms with Crippen molar-refractivity contribution in [3.8, 4) is 0 Å². The first-order chi connectivity index (χ1) is 13.3. The minimum absolute atomic E-state index is 0.293. The average molecular weight is 350 g/mol. The lowest BCUT2D eigenvalue weighted by Crippen LogP contribution is -2.48. The van der Waals surface area contributed by atoms with Gasteiger partial charge >= 0.3 is 11.4 Å². The first-order valence-corrected chi connectivity index (χ1v) is 8.83. The number of rotatable bonds is 3. The predicted molar refractivity (Wildman–Crippen MR) is 106 cm³/mol. The molecule has 0 aromatic heterocycles. The Morgan fingerprint density at radius 1 is 0.815 bits per heavy atom. The van der Waals surface area contributed by atoms with Crippen molar-refractivity contribution in [2.24, 2.45) is 0 Å². The van der Waals surface area contributed by atoms with Crippen LogP contribution in [0.5, 0.6) is 0 Å². The standard InChI is InChI=1S/C24H18N2O/c1-25-24(20-15-9-4-10-16-20)21(18-11-5-2-6-12-18)17-22(26-23(24)27)19-13-7-3-8-14-19/h2-17,21H,(H,26,27)/t21-,24+/m0/s1. The molecular formula is C24H18N2O. The van der Waals surface area contributed by atoms with E-state index in [2.05, 4.69) is 10.2 Å². The molecule has 0 aliphatic carbocycles. The molecular weight excluding hydrogens is 332 g/mol. The van der Waals surface area contributed by atoms with Gasteiger partial charge in [0, 0.05) is 11.3 Å². The molecule has 27 heavy (non-hydrogen) atoms. The minimum atomic E-state index is -1.33. The topological polar surface area (TPSA) is 33.5 Å². The van der Waals surface area contributed by atoms with Crippen molar-refractivity contribution in [3.63, 3.8) is 0 Å². The number of carbonyl (C=O) groups excluding carboxylic acids is 1. The van der Waals surface area contributed by atoms with Gasteiger partial charge < -0.3 is 5.32 Å². The van der Waals surface area contributed by atoms with Crippen molar-refractivity contribution in [1.82, 2.24) is 5.32 Å². The average Bonchev–Trinajstić information content (AvgIpc) is 2.75. The van der Waals surface area contributed by atoms with E-state index in [-0.39, 0.29) is 11.8 Å². The summed E-state index contributed by atoms with van der Waals surface area (Å²) >= 11 is 0. The van der Waals surface area contributed by atoms with E-state index in [1.54, 1.807) is 0 Å². The van der Waals surface area contributed by atoms with Gasteiger partial charge in [-0.05, 0) is 17.2 Å². The summed E-state index contributed by atoms with van der Waals surface area (Å²) in [6.07, 6.45) is 2.01. The van der Waals surface area contributed by atoms with Crippen LogP contribution in [-0.2, 0) is 10.3 Å². The zero-order valence-electron chi connectivity index (χ0n) is 14.7. The molecule has 1 aliphatic rings. The maximum absolute atomic E-state index is 13.3. The molecule has 130 valence electrons. The number of nitrogens with zero attached hydrogens (tertiary/aromatic N) is 1. The molecule has 1 heterocycles. The molecule has 4 rings (SSSR count). The second-order valence-electron chi connectivity index (χ2n) is 6.53. The number of nitrogens with one attached hydrogen (secondary N) is 1. The van der Waals surface area contributed by atoms with Crippen LogP contribution < -0.4 is 5.32 Å². The summed E-state index contributed by atoms with van der Waals surface area (Å²) in [5.74, 6) is -0.679. The number of amides is 1. The molecule has 3 nitrogen and oxygen atoms in total. The van der Waals surface area contributed by atoms with Crippen molar-refractivity contribution in [3.05, 3.63) is 125 Å². The fourth-order valence-corrected chi connectivity index (χ4v) is 3.66. The van der Waals surface area contributed by atoms with Crippen LogP contribution in [0.1, 0.15) is 22.6 Å². The number of hydrogen-bond donors (Lipinski definition) is 1. The molecule has 0 radical (unpaired) electrons. The van der Waals surface area contributed by atoms with Gasteiger partial charge in [-0.15, -0.1) is 0 Å². The Kier molecular flexibility index (Phi) is 4.32. The zero-order chi connectivity index (χ0) is 18.7. The Bertz CT molecular complexity index is 1020. The number of hydrogen-bond acceptors (Lipinski definition) is 1. The quantitative estimate of drug-likeness (QED) is 0.679. The molecule has 1 N–H and O–H groups in total. The highest BCUT2D eigenvalue weighted by atomic mass is 16.2. The third-order valence-corrected chi connectivity index (χ3v) is 5.01. The second-order valence-corrected chi connectivity index (χ2v) is 6.53. The van der Waals surface area contributed by atoms with Gasteiger partial charge in [0.1, 0.15) is 0 Å². The molecule has 0 spiro atoms. The van der Waals surface area contributed by atoms with E-state index < -0.39 is 5.54 Å². The van der Waals surface area contributed by atoms with Gasteiger partial charge in [-0.2, -0.15) is 0 Å². The lowest BCUT2D eigenvalue weighted by Gasteiger charge is -2.33. The molecule has 0 saturated carbocycles. The Morgan fingerprint density at radius 2 is 1.37 bits per heavy atom. The second kappa shape index (κ2) is 6.93. The highest BCUT2D eigenvalue weighted by Crippen LogP contribution is 2.45. The SMILES string of the molecule is [C-]#[N+][C@@]1(c2ccccc2)C(=O)NC(c2ccccc2)=C[C@H]1c1ccccc1. The summed E-state index contributed by atoms with van der Waals surface area (Å²) < 4.78 is 0.